The number of amides is 2. The van der Waals surface area contributed by atoms with Crippen LogP contribution in [0.4, 0.5) is 5.69 Å². The molecule has 5 heteroatoms. The largest absolute Gasteiger partial charge is 0.351 e. The van der Waals surface area contributed by atoms with Gasteiger partial charge in [0.1, 0.15) is 5.69 Å². The lowest BCUT2D eigenvalue weighted by Gasteiger charge is -2.17. The zero-order valence-electron chi connectivity index (χ0n) is 13.8. The molecule has 0 bridgehead atoms. The number of fused-ring (bicyclic) bond motifs is 1. The predicted molar refractivity (Wildman–Crippen MR) is 93.3 cm³/mol. The van der Waals surface area contributed by atoms with Crippen molar-refractivity contribution in [3.63, 3.8) is 0 Å². The summed E-state index contributed by atoms with van der Waals surface area (Å²) < 4.78 is 0. The van der Waals surface area contributed by atoms with E-state index in [1.54, 1.807) is 17.0 Å². The van der Waals surface area contributed by atoms with Crippen molar-refractivity contribution in [2.75, 3.05) is 18.0 Å². The SMILES string of the molecule is CCCCNC(=O)c1cc(C(=O)N2CCc3ccccc32)ccn1. The summed E-state index contributed by atoms with van der Waals surface area (Å²) in [7, 11) is 0. The molecule has 5 nitrogen and oxygen atoms in total. The number of hydrogen-bond acceptors (Lipinski definition) is 3. The maximum absolute atomic E-state index is 12.8. The number of aromatic nitrogens is 1. The van der Waals surface area contributed by atoms with E-state index < -0.39 is 0 Å². The molecule has 3 rings (SSSR count). The molecule has 1 N–H and O–H groups in total. The fraction of sp³-hybridized carbons (Fsp3) is 0.316. The minimum Gasteiger partial charge on any atom is -0.351 e. The molecule has 1 aliphatic heterocycles. The Labute approximate surface area is 141 Å². The fourth-order valence-electron chi connectivity index (χ4n) is 2.86. The Morgan fingerprint density at radius 1 is 1.25 bits per heavy atom. The lowest BCUT2D eigenvalue weighted by Crippen LogP contribution is -2.30. The van der Waals surface area contributed by atoms with Gasteiger partial charge in [-0.25, -0.2) is 0 Å². The lowest BCUT2D eigenvalue weighted by molar-refractivity contribution is 0.0948. The van der Waals surface area contributed by atoms with Gasteiger partial charge in [0.15, 0.2) is 0 Å². The van der Waals surface area contributed by atoms with Crippen LogP contribution < -0.4 is 10.2 Å². The van der Waals surface area contributed by atoms with Crippen LogP contribution in [0.3, 0.4) is 0 Å². The van der Waals surface area contributed by atoms with Crippen LogP contribution in [0.5, 0.6) is 0 Å². The zero-order valence-corrected chi connectivity index (χ0v) is 13.8. The molecule has 2 amide bonds. The molecular weight excluding hydrogens is 302 g/mol. The van der Waals surface area contributed by atoms with Gasteiger partial charge < -0.3 is 10.2 Å². The van der Waals surface area contributed by atoms with Gasteiger partial charge >= 0.3 is 0 Å². The van der Waals surface area contributed by atoms with E-state index in [2.05, 4.69) is 17.2 Å². The summed E-state index contributed by atoms with van der Waals surface area (Å²) in [5.41, 5.74) is 2.90. The standard InChI is InChI=1S/C19H21N3O2/c1-2-3-10-21-18(23)16-13-15(8-11-20-16)19(24)22-12-9-14-6-4-5-7-17(14)22/h4-8,11,13H,2-3,9-10,12H2,1H3,(H,21,23). The Kier molecular flexibility index (Phi) is 4.89. The van der Waals surface area contributed by atoms with Gasteiger partial charge in [-0.3, -0.25) is 14.6 Å². The minimum atomic E-state index is -0.236. The molecule has 0 spiro atoms. The first-order valence-corrected chi connectivity index (χ1v) is 8.34. The molecule has 1 aliphatic rings. The summed E-state index contributed by atoms with van der Waals surface area (Å²) in [5, 5.41) is 2.82. The molecule has 24 heavy (non-hydrogen) atoms. The van der Waals surface area contributed by atoms with Gasteiger partial charge in [-0.05, 0) is 36.6 Å². The average Bonchev–Trinajstić information content (AvgIpc) is 3.05. The van der Waals surface area contributed by atoms with Gasteiger partial charge in [-0.1, -0.05) is 31.5 Å². The van der Waals surface area contributed by atoms with Crippen LogP contribution in [0, 0.1) is 0 Å². The first kappa shape index (κ1) is 16.2. The second-order valence-corrected chi connectivity index (χ2v) is 5.87. The van der Waals surface area contributed by atoms with Gasteiger partial charge in [0, 0.05) is 30.5 Å². The molecule has 1 aromatic carbocycles. The third-order valence-electron chi connectivity index (χ3n) is 4.19. The maximum atomic E-state index is 12.8. The molecule has 2 aromatic rings. The number of benzene rings is 1. The Balaban J connectivity index is 1.77. The van der Waals surface area contributed by atoms with Crippen molar-refractivity contribution in [2.24, 2.45) is 0 Å². The Bertz CT molecular complexity index is 758. The topological polar surface area (TPSA) is 62.3 Å². The normalized spacial score (nSPS) is 12.8. The first-order chi connectivity index (χ1) is 11.7. The number of unbranched alkanes of at least 4 members (excludes halogenated alkanes) is 1. The smallest absolute Gasteiger partial charge is 0.269 e. The number of para-hydroxylation sites is 1. The fourth-order valence-corrected chi connectivity index (χ4v) is 2.86. The van der Waals surface area contributed by atoms with Gasteiger partial charge in [0.05, 0.1) is 0 Å². The van der Waals surface area contributed by atoms with E-state index in [1.165, 1.54) is 11.8 Å². The van der Waals surface area contributed by atoms with Crippen LogP contribution in [0.1, 0.15) is 46.2 Å². The lowest BCUT2D eigenvalue weighted by atomic mass is 10.1. The second kappa shape index (κ2) is 7.25. The first-order valence-electron chi connectivity index (χ1n) is 8.34. The maximum Gasteiger partial charge on any atom is 0.269 e. The monoisotopic (exact) mass is 323 g/mol. The number of hydrogen-bond donors (Lipinski definition) is 1. The highest BCUT2D eigenvalue weighted by Gasteiger charge is 2.25. The highest BCUT2D eigenvalue weighted by molar-refractivity contribution is 6.08. The Hall–Kier alpha value is -2.69. The molecule has 0 unspecified atom stereocenters. The van der Waals surface area contributed by atoms with Crippen molar-refractivity contribution in [1.82, 2.24) is 10.3 Å². The summed E-state index contributed by atoms with van der Waals surface area (Å²) in [6.07, 6.45) is 4.32. The van der Waals surface area contributed by atoms with Gasteiger partial charge in [0.2, 0.25) is 0 Å². The molecule has 0 fully saturated rings. The molecule has 2 heterocycles. The summed E-state index contributed by atoms with van der Waals surface area (Å²) in [6, 6.07) is 11.2. The quantitative estimate of drug-likeness (QED) is 0.861. The van der Waals surface area contributed by atoms with Crippen molar-refractivity contribution in [1.29, 1.82) is 0 Å². The summed E-state index contributed by atoms with van der Waals surface area (Å²) in [5.74, 6) is -0.329. The van der Waals surface area contributed by atoms with Crippen LogP contribution >= 0.6 is 0 Å². The number of anilines is 1. The number of carbonyl (C=O) groups is 2. The van der Waals surface area contributed by atoms with Crippen LogP contribution in [-0.2, 0) is 6.42 Å². The highest BCUT2D eigenvalue weighted by atomic mass is 16.2. The van der Waals surface area contributed by atoms with Gasteiger partial charge in [-0.2, -0.15) is 0 Å². The summed E-state index contributed by atoms with van der Waals surface area (Å²) >= 11 is 0. The number of rotatable bonds is 5. The third-order valence-corrected chi connectivity index (χ3v) is 4.19. The number of carbonyl (C=O) groups excluding carboxylic acids is 2. The molecule has 0 radical (unpaired) electrons. The molecule has 0 atom stereocenters. The highest BCUT2D eigenvalue weighted by Crippen LogP contribution is 2.28. The van der Waals surface area contributed by atoms with Crippen molar-refractivity contribution in [2.45, 2.75) is 26.2 Å². The molecule has 124 valence electrons. The summed E-state index contributed by atoms with van der Waals surface area (Å²) in [6.45, 7) is 3.35. The van der Waals surface area contributed by atoms with Crippen LogP contribution in [-0.4, -0.2) is 29.9 Å². The van der Waals surface area contributed by atoms with E-state index in [1.807, 2.05) is 24.3 Å². The summed E-state index contributed by atoms with van der Waals surface area (Å²) in [4.78, 5) is 30.8. The average molecular weight is 323 g/mol. The van der Waals surface area contributed by atoms with Crippen molar-refractivity contribution >= 4 is 17.5 Å². The van der Waals surface area contributed by atoms with Gasteiger partial charge in [-0.15, -0.1) is 0 Å². The molecule has 0 saturated carbocycles. The molecule has 0 saturated heterocycles. The Morgan fingerprint density at radius 3 is 2.92 bits per heavy atom. The molecular formula is C19H21N3O2. The van der Waals surface area contributed by atoms with Crippen molar-refractivity contribution in [3.8, 4) is 0 Å². The van der Waals surface area contributed by atoms with E-state index >= 15 is 0 Å². The van der Waals surface area contributed by atoms with Crippen LogP contribution in [0.25, 0.3) is 0 Å². The number of nitrogens with one attached hydrogen (secondary N) is 1. The van der Waals surface area contributed by atoms with E-state index in [4.69, 9.17) is 0 Å². The zero-order chi connectivity index (χ0) is 16.9. The number of nitrogens with zero attached hydrogens (tertiary/aromatic N) is 2. The van der Waals surface area contributed by atoms with Crippen LogP contribution in [0.2, 0.25) is 0 Å². The van der Waals surface area contributed by atoms with Crippen molar-refractivity contribution < 1.29 is 9.59 Å². The van der Waals surface area contributed by atoms with E-state index in [9.17, 15) is 9.59 Å². The predicted octanol–water partition coefficient (Wildman–Crippen LogP) is 2.81. The van der Waals surface area contributed by atoms with Crippen LogP contribution in [0.15, 0.2) is 42.6 Å². The van der Waals surface area contributed by atoms with E-state index in [0.717, 1.165) is 24.9 Å². The van der Waals surface area contributed by atoms with E-state index in [-0.39, 0.29) is 17.5 Å². The molecule has 1 aromatic heterocycles. The number of pyridine rings is 1. The minimum absolute atomic E-state index is 0.0926. The molecule has 0 aliphatic carbocycles. The van der Waals surface area contributed by atoms with Gasteiger partial charge in [0.25, 0.3) is 11.8 Å². The van der Waals surface area contributed by atoms with Crippen molar-refractivity contribution in [3.05, 3.63) is 59.4 Å². The second-order valence-electron chi connectivity index (χ2n) is 5.87. The van der Waals surface area contributed by atoms with E-state index in [0.29, 0.717) is 18.7 Å². The Morgan fingerprint density at radius 2 is 2.08 bits per heavy atom. The third kappa shape index (κ3) is 3.30.